The van der Waals surface area contributed by atoms with Crippen molar-refractivity contribution in [2.24, 2.45) is 5.10 Å². The van der Waals surface area contributed by atoms with Crippen LogP contribution in [-0.4, -0.2) is 46.3 Å². The molecular formula is C20H22N6O3S. The first kappa shape index (κ1) is 21.2. The largest absolute Gasteiger partial charge is 0.497 e. The van der Waals surface area contributed by atoms with Crippen LogP contribution in [0.25, 0.3) is 0 Å². The Morgan fingerprint density at radius 2 is 1.73 bits per heavy atom. The van der Waals surface area contributed by atoms with Gasteiger partial charge in [0.1, 0.15) is 11.5 Å². The monoisotopic (exact) mass is 426 g/mol. The van der Waals surface area contributed by atoms with Crippen molar-refractivity contribution in [3.05, 3.63) is 59.7 Å². The molecule has 0 aliphatic rings. The summed E-state index contributed by atoms with van der Waals surface area (Å²) >= 11 is 1.19. The van der Waals surface area contributed by atoms with Gasteiger partial charge in [0.25, 0.3) is 5.95 Å². The number of nitrogen functional groups attached to an aromatic ring is 1. The number of ketones is 1. The van der Waals surface area contributed by atoms with Gasteiger partial charge in [0.2, 0.25) is 5.16 Å². The molecule has 0 saturated carbocycles. The Balaban J connectivity index is 1.63. The van der Waals surface area contributed by atoms with E-state index in [1.54, 1.807) is 38.5 Å². The zero-order valence-corrected chi connectivity index (χ0v) is 17.6. The molecule has 0 amide bonds. The second-order valence-electron chi connectivity index (χ2n) is 6.16. The maximum Gasteiger partial charge on any atom is 0.264 e. The van der Waals surface area contributed by atoms with Crippen LogP contribution in [0, 0.1) is 0 Å². The van der Waals surface area contributed by atoms with Crippen LogP contribution < -0.4 is 20.7 Å². The number of rotatable bonds is 9. The third-order valence-corrected chi connectivity index (χ3v) is 5.14. The second-order valence-corrected chi connectivity index (χ2v) is 7.10. The number of Topliss-reactive ketones (excluding diaryl/α,β-unsaturated/α-hetero) is 1. The summed E-state index contributed by atoms with van der Waals surface area (Å²) in [5.74, 6) is 7.75. The zero-order chi connectivity index (χ0) is 21.5. The third kappa shape index (κ3) is 5.09. The number of nitrogens with one attached hydrogen (secondary N) is 1. The van der Waals surface area contributed by atoms with E-state index in [0.717, 1.165) is 17.0 Å². The molecule has 0 aliphatic carbocycles. The number of carbonyl (C=O) groups is 1. The molecule has 10 heteroatoms. The lowest BCUT2D eigenvalue weighted by Crippen LogP contribution is -2.14. The average Bonchev–Trinajstić information content (AvgIpc) is 3.15. The number of carbonyl (C=O) groups excluding carboxylic acids is 1. The Bertz CT molecular complexity index is 1070. The summed E-state index contributed by atoms with van der Waals surface area (Å²) in [5, 5.41) is 12.7. The van der Waals surface area contributed by atoms with E-state index < -0.39 is 0 Å². The lowest BCUT2D eigenvalue weighted by molar-refractivity contribution is 0.102. The Kier molecular flexibility index (Phi) is 6.91. The molecule has 1 aromatic heterocycles. The van der Waals surface area contributed by atoms with Crippen LogP contribution in [0.4, 0.5) is 5.95 Å². The molecule has 0 aliphatic heterocycles. The standard InChI is InChI=1S/C20H22N6O3S/c1-13(14-6-4-8-16(10-14)28-2)22-23-19-24-25-20(26(19)21)30-12-18(27)15-7-5-9-17(11-15)29-3/h4-11H,12,21H2,1-3H3,(H,23,24)/b22-13+. The Labute approximate surface area is 178 Å². The highest BCUT2D eigenvalue weighted by Crippen LogP contribution is 2.20. The molecule has 3 rings (SSSR count). The Morgan fingerprint density at radius 1 is 1.10 bits per heavy atom. The normalized spacial score (nSPS) is 11.2. The number of ether oxygens (including phenoxy) is 2. The van der Waals surface area contributed by atoms with Gasteiger partial charge in [0.05, 0.1) is 25.7 Å². The quantitative estimate of drug-likeness (QED) is 0.176. The molecule has 0 saturated heterocycles. The van der Waals surface area contributed by atoms with E-state index in [0.29, 0.717) is 16.5 Å². The smallest absolute Gasteiger partial charge is 0.264 e. The summed E-state index contributed by atoms with van der Waals surface area (Å²) < 4.78 is 11.6. The van der Waals surface area contributed by atoms with Gasteiger partial charge in [-0.25, -0.2) is 10.1 Å². The van der Waals surface area contributed by atoms with Gasteiger partial charge < -0.3 is 15.3 Å². The van der Waals surface area contributed by atoms with Gasteiger partial charge in [-0.15, -0.1) is 10.2 Å². The molecule has 9 nitrogen and oxygen atoms in total. The summed E-state index contributed by atoms with van der Waals surface area (Å²) in [6.07, 6.45) is 0. The summed E-state index contributed by atoms with van der Waals surface area (Å²) in [6, 6.07) is 14.5. The van der Waals surface area contributed by atoms with E-state index in [1.165, 1.54) is 16.4 Å². The van der Waals surface area contributed by atoms with Crippen LogP contribution in [0.5, 0.6) is 11.5 Å². The highest BCUT2D eigenvalue weighted by molar-refractivity contribution is 7.99. The summed E-state index contributed by atoms with van der Waals surface area (Å²) in [4.78, 5) is 12.4. The van der Waals surface area contributed by atoms with E-state index in [9.17, 15) is 4.79 Å². The van der Waals surface area contributed by atoms with Crippen LogP contribution in [-0.2, 0) is 0 Å². The number of nitrogens with two attached hydrogens (primary N) is 1. The summed E-state index contributed by atoms with van der Waals surface area (Å²) in [7, 11) is 3.17. The number of anilines is 1. The highest BCUT2D eigenvalue weighted by atomic mass is 32.2. The van der Waals surface area contributed by atoms with Gasteiger partial charge in [0.15, 0.2) is 5.78 Å². The van der Waals surface area contributed by atoms with Gasteiger partial charge in [-0.2, -0.15) is 5.10 Å². The van der Waals surface area contributed by atoms with Gasteiger partial charge in [-0.1, -0.05) is 36.0 Å². The molecule has 3 N–H and O–H groups in total. The molecule has 156 valence electrons. The number of aromatic nitrogens is 3. The molecule has 3 aromatic rings. The van der Waals surface area contributed by atoms with Gasteiger partial charge in [-0.3, -0.25) is 4.79 Å². The molecule has 0 atom stereocenters. The first-order chi connectivity index (χ1) is 14.5. The second kappa shape index (κ2) is 9.79. The number of methoxy groups -OCH3 is 2. The number of benzene rings is 2. The van der Waals surface area contributed by atoms with Crippen molar-refractivity contribution in [1.82, 2.24) is 14.9 Å². The van der Waals surface area contributed by atoms with E-state index in [1.807, 2.05) is 31.2 Å². The first-order valence-electron chi connectivity index (χ1n) is 8.97. The third-order valence-electron chi connectivity index (χ3n) is 4.20. The Morgan fingerprint density at radius 3 is 2.40 bits per heavy atom. The highest BCUT2D eigenvalue weighted by Gasteiger charge is 2.14. The van der Waals surface area contributed by atoms with Crippen LogP contribution in [0.3, 0.4) is 0 Å². The number of nitrogens with zero attached hydrogens (tertiary/aromatic N) is 4. The lowest BCUT2D eigenvalue weighted by atomic mass is 10.1. The van der Waals surface area contributed by atoms with Gasteiger partial charge >= 0.3 is 0 Å². The molecule has 0 unspecified atom stereocenters. The molecule has 0 fully saturated rings. The van der Waals surface area contributed by atoms with Crippen LogP contribution in [0.15, 0.2) is 58.8 Å². The molecule has 2 aromatic carbocycles. The van der Waals surface area contributed by atoms with Gasteiger partial charge in [0, 0.05) is 11.1 Å². The number of hydrazone groups is 1. The molecule has 0 radical (unpaired) electrons. The van der Waals surface area contributed by atoms with Crippen molar-refractivity contribution in [2.75, 3.05) is 31.2 Å². The fraction of sp³-hybridized carbons (Fsp3) is 0.200. The maximum atomic E-state index is 12.4. The first-order valence-corrected chi connectivity index (χ1v) is 9.95. The molecule has 1 heterocycles. The minimum absolute atomic E-state index is 0.0664. The predicted octanol–water partition coefficient (Wildman–Crippen LogP) is 2.82. The fourth-order valence-electron chi connectivity index (χ4n) is 2.51. The van der Waals surface area contributed by atoms with Crippen LogP contribution in [0.2, 0.25) is 0 Å². The Hall–Kier alpha value is -3.53. The fourth-order valence-corrected chi connectivity index (χ4v) is 3.26. The number of thioether (sulfide) groups is 1. The molecule has 0 spiro atoms. The minimum atomic E-state index is -0.0664. The van der Waals surface area contributed by atoms with Crippen molar-refractivity contribution < 1.29 is 14.3 Å². The van der Waals surface area contributed by atoms with Gasteiger partial charge in [-0.05, 0) is 31.2 Å². The molecular weight excluding hydrogens is 404 g/mol. The van der Waals surface area contributed by atoms with E-state index >= 15 is 0 Å². The van der Waals surface area contributed by atoms with Crippen molar-refractivity contribution in [1.29, 1.82) is 0 Å². The van der Waals surface area contributed by atoms with Crippen molar-refractivity contribution in [3.8, 4) is 11.5 Å². The average molecular weight is 427 g/mol. The SMILES string of the molecule is COc1cccc(C(=O)CSc2nnc(N/N=C(\C)c3cccc(OC)c3)n2N)c1. The van der Waals surface area contributed by atoms with E-state index in [2.05, 4.69) is 20.7 Å². The number of hydrogen-bond acceptors (Lipinski definition) is 9. The van der Waals surface area contributed by atoms with Crippen molar-refractivity contribution in [2.45, 2.75) is 12.1 Å². The van der Waals surface area contributed by atoms with E-state index in [4.69, 9.17) is 15.3 Å². The summed E-state index contributed by atoms with van der Waals surface area (Å²) in [6.45, 7) is 1.85. The van der Waals surface area contributed by atoms with Crippen LogP contribution in [0.1, 0.15) is 22.8 Å². The predicted molar refractivity (Wildman–Crippen MR) is 117 cm³/mol. The minimum Gasteiger partial charge on any atom is -0.497 e. The van der Waals surface area contributed by atoms with Crippen molar-refractivity contribution in [3.63, 3.8) is 0 Å². The zero-order valence-electron chi connectivity index (χ0n) is 16.8. The van der Waals surface area contributed by atoms with Crippen LogP contribution >= 0.6 is 11.8 Å². The molecule has 0 bridgehead atoms. The molecule has 30 heavy (non-hydrogen) atoms. The lowest BCUT2D eigenvalue weighted by Gasteiger charge is -2.06. The van der Waals surface area contributed by atoms with Crippen molar-refractivity contribution >= 4 is 29.2 Å². The number of hydrogen-bond donors (Lipinski definition) is 2. The topological polar surface area (TPSA) is 117 Å². The maximum absolute atomic E-state index is 12.4. The van der Waals surface area contributed by atoms with E-state index in [-0.39, 0.29) is 17.5 Å². The summed E-state index contributed by atoms with van der Waals surface area (Å²) in [5.41, 5.74) is 4.97.